The van der Waals surface area contributed by atoms with Gasteiger partial charge in [-0.05, 0) is 18.9 Å². The van der Waals surface area contributed by atoms with Crippen molar-refractivity contribution < 1.29 is 4.39 Å². The average Bonchev–Trinajstić information content (AvgIpc) is 3.26. The number of aromatic nitrogens is 6. The minimum Gasteiger partial charge on any atom is -0.353 e. The van der Waals surface area contributed by atoms with Gasteiger partial charge in [0.05, 0.1) is 17.9 Å². The number of piperidine rings is 1. The molecule has 4 rings (SSSR count). The lowest BCUT2D eigenvalue weighted by Gasteiger charge is -2.33. The zero-order valence-corrected chi connectivity index (χ0v) is 15.1. The summed E-state index contributed by atoms with van der Waals surface area (Å²) < 4.78 is 18.2. The first kappa shape index (κ1) is 17.0. The minimum atomic E-state index is -0.392. The Kier molecular flexibility index (Phi) is 4.58. The highest BCUT2D eigenvalue weighted by molar-refractivity contribution is 6.30. The quantitative estimate of drug-likeness (QED) is 0.701. The van der Waals surface area contributed by atoms with Gasteiger partial charge in [-0.25, -0.2) is 14.4 Å². The van der Waals surface area contributed by atoms with Crippen molar-refractivity contribution in [1.82, 2.24) is 29.3 Å². The maximum Gasteiger partial charge on any atom is 0.167 e. The maximum atomic E-state index is 14.2. The van der Waals surface area contributed by atoms with E-state index in [1.165, 1.54) is 12.3 Å². The molecule has 7 nitrogen and oxygen atoms in total. The molecule has 9 heteroatoms. The van der Waals surface area contributed by atoms with Crippen LogP contribution in [0.3, 0.4) is 0 Å². The molecule has 4 heterocycles. The lowest BCUT2D eigenvalue weighted by Crippen LogP contribution is -2.36. The first-order valence-corrected chi connectivity index (χ1v) is 8.89. The summed E-state index contributed by atoms with van der Waals surface area (Å²) in [4.78, 5) is 10.2. The predicted octanol–water partition coefficient (Wildman–Crippen LogP) is 2.63. The van der Waals surface area contributed by atoms with E-state index in [4.69, 9.17) is 11.6 Å². The van der Waals surface area contributed by atoms with Crippen LogP contribution in [0.1, 0.15) is 30.4 Å². The van der Waals surface area contributed by atoms with E-state index in [0.29, 0.717) is 23.9 Å². The maximum absolute atomic E-state index is 14.2. The molecule has 1 aliphatic rings. The van der Waals surface area contributed by atoms with Gasteiger partial charge in [0.2, 0.25) is 0 Å². The van der Waals surface area contributed by atoms with Crippen molar-refractivity contribution in [3.63, 3.8) is 0 Å². The summed E-state index contributed by atoms with van der Waals surface area (Å²) in [6, 6.07) is 1.30. The topological polar surface area (TPSA) is 64.7 Å². The Morgan fingerprint density at radius 2 is 2.23 bits per heavy atom. The zero-order chi connectivity index (χ0) is 18.1. The lowest BCUT2D eigenvalue weighted by atomic mass is 9.97. The molecule has 1 aliphatic heterocycles. The number of anilines is 1. The van der Waals surface area contributed by atoms with Crippen molar-refractivity contribution in [2.24, 2.45) is 7.05 Å². The van der Waals surface area contributed by atoms with Gasteiger partial charge < -0.3 is 14.0 Å². The van der Waals surface area contributed by atoms with Gasteiger partial charge >= 0.3 is 0 Å². The highest BCUT2D eigenvalue weighted by atomic mass is 35.5. The second kappa shape index (κ2) is 7.03. The summed E-state index contributed by atoms with van der Waals surface area (Å²) in [5.41, 5.74) is 0. The van der Waals surface area contributed by atoms with Crippen LogP contribution in [0, 0.1) is 5.82 Å². The molecule has 0 amide bonds. The van der Waals surface area contributed by atoms with Crippen LogP contribution in [0.2, 0.25) is 5.02 Å². The third kappa shape index (κ3) is 3.29. The average molecular weight is 376 g/mol. The van der Waals surface area contributed by atoms with Crippen molar-refractivity contribution in [2.75, 3.05) is 18.0 Å². The van der Waals surface area contributed by atoms with Gasteiger partial charge in [0.25, 0.3) is 0 Å². The third-order valence-corrected chi connectivity index (χ3v) is 4.96. The Morgan fingerprint density at radius 3 is 3.00 bits per heavy atom. The highest BCUT2D eigenvalue weighted by Gasteiger charge is 2.28. The van der Waals surface area contributed by atoms with E-state index >= 15 is 0 Å². The second-order valence-corrected chi connectivity index (χ2v) is 6.95. The molecule has 0 aliphatic carbocycles. The van der Waals surface area contributed by atoms with Crippen LogP contribution < -0.4 is 4.90 Å². The van der Waals surface area contributed by atoms with Gasteiger partial charge in [0.1, 0.15) is 5.82 Å². The Hall–Kier alpha value is -2.48. The first-order chi connectivity index (χ1) is 12.6. The fourth-order valence-corrected chi connectivity index (χ4v) is 3.58. The van der Waals surface area contributed by atoms with E-state index in [0.717, 1.165) is 31.0 Å². The fourth-order valence-electron chi connectivity index (χ4n) is 3.43. The van der Waals surface area contributed by atoms with Crippen molar-refractivity contribution in [2.45, 2.75) is 25.3 Å². The van der Waals surface area contributed by atoms with E-state index in [-0.39, 0.29) is 5.92 Å². The predicted molar refractivity (Wildman–Crippen MR) is 95.7 cm³/mol. The molecule has 0 spiro atoms. The molecule has 136 valence electrons. The number of hydrogen-bond acceptors (Lipinski definition) is 5. The Labute approximate surface area is 155 Å². The summed E-state index contributed by atoms with van der Waals surface area (Å²) in [6.07, 6.45) is 8.80. The normalized spacial score (nSPS) is 17.7. The number of hydrogen-bond donors (Lipinski definition) is 0. The largest absolute Gasteiger partial charge is 0.353 e. The molecule has 0 N–H and O–H groups in total. The van der Waals surface area contributed by atoms with Gasteiger partial charge in [-0.3, -0.25) is 0 Å². The van der Waals surface area contributed by atoms with Crippen LogP contribution in [0.25, 0.3) is 0 Å². The Balaban J connectivity index is 1.54. The summed E-state index contributed by atoms with van der Waals surface area (Å²) in [7, 11) is 1.97. The Bertz CT molecular complexity index is 893. The van der Waals surface area contributed by atoms with Crippen molar-refractivity contribution in [3.05, 3.63) is 53.5 Å². The molecule has 3 aromatic rings. The molecule has 0 aromatic carbocycles. The SMILES string of the molecule is Cn1c(Cn2ccnc2)nnc1C1CCCN(c2ncc(Cl)cc2F)C1. The van der Waals surface area contributed by atoms with Gasteiger partial charge in [-0.1, -0.05) is 11.6 Å². The van der Waals surface area contributed by atoms with Crippen LogP contribution >= 0.6 is 11.6 Å². The van der Waals surface area contributed by atoms with Crippen LogP contribution in [0.15, 0.2) is 31.0 Å². The number of rotatable bonds is 4. The molecular formula is C17H19ClFN7. The van der Waals surface area contributed by atoms with E-state index in [9.17, 15) is 4.39 Å². The molecule has 0 saturated carbocycles. The third-order valence-electron chi connectivity index (χ3n) is 4.76. The highest BCUT2D eigenvalue weighted by Crippen LogP contribution is 2.30. The summed E-state index contributed by atoms with van der Waals surface area (Å²) in [5.74, 6) is 1.91. The summed E-state index contributed by atoms with van der Waals surface area (Å²) >= 11 is 5.81. The van der Waals surface area contributed by atoms with Crippen LogP contribution in [0.5, 0.6) is 0 Å². The van der Waals surface area contributed by atoms with Gasteiger partial charge in [-0.15, -0.1) is 10.2 Å². The van der Waals surface area contributed by atoms with E-state index < -0.39 is 5.82 Å². The first-order valence-electron chi connectivity index (χ1n) is 8.51. The van der Waals surface area contributed by atoms with Gasteiger partial charge in [0.15, 0.2) is 17.5 Å². The van der Waals surface area contributed by atoms with Crippen molar-refractivity contribution in [1.29, 1.82) is 0 Å². The molecule has 3 aromatic heterocycles. The molecule has 0 bridgehead atoms. The van der Waals surface area contributed by atoms with Crippen LogP contribution in [-0.4, -0.2) is 42.4 Å². The number of nitrogens with zero attached hydrogens (tertiary/aromatic N) is 7. The molecule has 0 radical (unpaired) electrons. The smallest absolute Gasteiger partial charge is 0.167 e. The van der Waals surface area contributed by atoms with Crippen molar-refractivity contribution in [3.8, 4) is 0 Å². The molecule has 1 atom stereocenters. The monoisotopic (exact) mass is 375 g/mol. The summed E-state index contributed by atoms with van der Waals surface area (Å²) in [5, 5.41) is 9.04. The van der Waals surface area contributed by atoms with Crippen LogP contribution in [-0.2, 0) is 13.6 Å². The molecule has 1 fully saturated rings. The Morgan fingerprint density at radius 1 is 1.35 bits per heavy atom. The standard InChI is InChI=1S/C17H19ClFN7/c1-24-15(10-25-6-4-20-11-25)22-23-16(24)12-3-2-5-26(9-12)17-14(19)7-13(18)8-21-17/h4,6-8,11-12H,2-3,5,9-10H2,1H3. The molecule has 1 unspecified atom stereocenters. The molecule has 26 heavy (non-hydrogen) atoms. The molecular weight excluding hydrogens is 357 g/mol. The molecule has 1 saturated heterocycles. The summed E-state index contributed by atoms with van der Waals surface area (Å²) in [6.45, 7) is 2.04. The van der Waals surface area contributed by atoms with E-state index in [2.05, 4.69) is 20.2 Å². The van der Waals surface area contributed by atoms with E-state index in [1.54, 1.807) is 12.5 Å². The number of halogens is 2. The number of imidazole rings is 1. The van der Waals surface area contributed by atoms with Gasteiger partial charge in [-0.2, -0.15) is 0 Å². The lowest BCUT2D eigenvalue weighted by molar-refractivity contribution is 0.469. The number of pyridine rings is 1. The second-order valence-electron chi connectivity index (χ2n) is 6.51. The minimum absolute atomic E-state index is 0.176. The van der Waals surface area contributed by atoms with Crippen molar-refractivity contribution >= 4 is 17.4 Å². The van der Waals surface area contributed by atoms with Crippen LogP contribution in [0.4, 0.5) is 10.2 Å². The fraction of sp³-hybridized carbons (Fsp3) is 0.412. The van der Waals surface area contributed by atoms with E-state index in [1.807, 2.05) is 27.3 Å². The zero-order valence-electron chi connectivity index (χ0n) is 14.4. The van der Waals surface area contributed by atoms with Gasteiger partial charge in [0, 0.05) is 44.6 Å².